The number of aromatic nitrogens is 2. The number of carbonyl (C=O) groups is 1. The summed E-state index contributed by atoms with van der Waals surface area (Å²) in [7, 11) is 3.41. The lowest BCUT2D eigenvalue weighted by atomic mass is 10.1. The Labute approximate surface area is 170 Å². The molecule has 148 valence electrons. The average molecular weight is 416 g/mol. The zero-order valence-corrected chi connectivity index (χ0v) is 16.3. The van der Waals surface area contributed by atoms with Crippen LogP contribution in [-0.4, -0.2) is 28.7 Å². The zero-order chi connectivity index (χ0) is 20.9. The van der Waals surface area contributed by atoms with Crippen molar-refractivity contribution < 1.29 is 13.6 Å². The van der Waals surface area contributed by atoms with E-state index in [1.165, 1.54) is 11.0 Å². The first-order valence-corrected chi connectivity index (χ1v) is 9.21. The van der Waals surface area contributed by atoms with E-state index in [-0.39, 0.29) is 22.7 Å². The number of nitriles is 1. The highest BCUT2D eigenvalue weighted by Crippen LogP contribution is 2.39. The summed E-state index contributed by atoms with van der Waals surface area (Å²) in [6.07, 6.45) is 0.684. The first kappa shape index (κ1) is 19.2. The molecule has 3 aromatic rings. The molecule has 4 rings (SSSR count). The van der Waals surface area contributed by atoms with Crippen molar-refractivity contribution in [3.63, 3.8) is 0 Å². The fraction of sp³-hybridized carbons (Fsp3) is 0.250. The maximum absolute atomic E-state index is 14.6. The molecule has 0 aliphatic heterocycles. The van der Waals surface area contributed by atoms with Crippen LogP contribution in [0.3, 0.4) is 0 Å². The summed E-state index contributed by atoms with van der Waals surface area (Å²) in [5, 5.41) is 11.8. The van der Waals surface area contributed by atoms with Gasteiger partial charge >= 0.3 is 0 Å². The quantitative estimate of drug-likeness (QED) is 0.689. The van der Waals surface area contributed by atoms with Gasteiger partial charge in [-0.3, -0.25) is 4.79 Å². The van der Waals surface area contributed by atoms with Crippen molar-refractivity contribution in [2.45, 2.75) is 12.6 Å². The predicted octanol–water partition coefficient (Wildman–Crippen LogP) is 4.30. The molecule has 0 spiro atoms. The van der Waals surface area contributed by atoms with E-state index >= 15 is 0 Å². The third-order valence-electron chi connectivity index (χ3n) is 4.99. The standard InChI is InChI=1S/C20H16ClF2N5O/c1-27-9-25-18-16(26-20(29)12-7-14(12)22)5-11(6-17(18)27)28(2)19-13(21)3-10(8-24)4-15(19)23/h3-6,9,12,14H,7H2,1-2H3,(H,26,29). The predicted molar refractivity (Wildman–Crippen MR) is 107 cm³/mol. The van der Waals surface area contributed by atoms with Gasteiger partial charge in [0.1, 0.15) is 17.5 Å². The van der Waals surface area contributed by atoms with Gasteiger partial charge in [0.15, 0.2) is 0 Å². The number of halogens is 3. The molecule has 0 saturated heterocycles. The number of nitrogens with zero attached hydrogens (tertiary/aromatic N) is 4. The summed E-state index contributed by atoms with van der Waals surface area (Å²) < 4.78 is 29.6. The molecule has 0 bridgehead atoms. The molecule has 1 aliphatic carbocycles. The fourth-order valence-corrected chi connectivity index (χ4v) is 3.58. The molecule has 1 aliphatic rings. The number of amides is 1. The summed E-state index contributed by atoms with van der Waals surface area (Å²) in [5.41, 5.74) is 2.39. The van der Waals surface area contributed by atoms with Crippen molar-refractivity contribution in [2.75, 3.05) is 17.3 Å². The van der Waals surface area contributed by atoms with Gasteiger partial charge in [-0.15, -0.1) is 0 Å². The van der Waals surface area contributed by atoms with E-state index in [1.807, 2.05) is 6.07 Å². The molecule has 1 heterocycles. The first-order chi connectivity index (χ1) is 13.8. The maximum atomic E-state index is 14.6. The van der Waals surface area contributed by atoms with E-state index in [0.717, 1.165) is 6.07 Å². The highest BCUT2D eigenvalue weighted by Gasteiger charge is 2.43. The summed E-state index contributed by atoms with van der Waals surface area (Å²) in [4.78, 5) is 18.1. The fourth-order valence-electron chi connectivity index (χ4n) is 3.24. The Bertz CT molecular complexity index is 1160. The van der Waals surface area contributed by atoms with Crippen molar-refractivity contribution in [3.8, 4) is 6.07 Å². The van der Waals surface area contributed by atoms with Gasteiger partial charge in [0.2, 0.25) is 5.91 Å². The maximum Gasteiger partial charge on any atom is 0.230 e. The third-order valence-corrected chi connectivity index (χ3v) is 5.28. The van der Waals surface area contributed by atoms with E-state index in [2.05, 4.69) is 10.3 Å². The summed E-state index contributed by atoms with van der Waals surface area (Å²) in [6.45, 7) is 0. The SMILES string of the molecule is CN(c1cc(NC(=O)C2CC2F)c2ncn(C)c2c1)c1c(F)cc(C#N)cc1Cl. The van der Waals surface area contributed by atoms with Crippen LogP contribution in [0.5, 0.6) is 0 Å². The van der Waals surface area contributed by atoms with Gasteiger partial charge in [-0.05, 0) is 30.7 Å². The number of nitrogens with one attached hydrogen (secondary N) is 1. The Balaban J connectivity index is 1.79. The molecule has 6 nitrogen and oxygen atoms in total. The van der Waals surface area contributed by atoms with Crippen LogP contribution in [0.4, 0.5) is 25.8 Å². The Morgan fingerprint density at radius 1 is 1.41 bits per heavy atom. The van der Waals surface area contributed by atoms with Gasteiger partial charge in [0.05, 0.1) is 45.8 Å². The largest absolute Gasteiger partial charge is 0.341 e. The van der Waals surface area contributed by atoms with Gasteiger partial charge in [-0.25, -0.2) is 13.8 Å². The van der Waals surface area contributed by atoms with Crippen LogP contribution >= 0.6 is 11.6 Å². The molecule has 1 saturated carbocycles. The summed E-state index contributed by atoms with van der Waals surface area (Å²) >= 11 is 6.21. The lowest BCUT2D eigenvalue weighted by Gasteiger charge is -2.23. The second kappa shape index (κ2) is 7.01. The molecule has 0 radical (unpaired) electrons. The zero-order valence-electron chi connectivity index (χ0n) is 15.6. The van der Waals surface area contributed by atoms with Crippen LogP contribution in [0.1, 0.15) is 12.0 Å². The van der Waals surface area contributed by atoms with E-state index in [9.17, 15) is 13.6 Å². The number of benzene rings is 2. The van der Waals surface area contributed by atoms with Crippen molar-refractivity contribution in [2.24, 2.45) is 13.0 Å². The highest BCUT2D eigenvalue weighted by atomic mass is 35.5. The molecule has 2 aromatic carbocycles. The minimum atomic E-state index is -1.12. The Kier molecular flexibility index (Phi) is 4.63. The number of hydrogen-bond acceptors (Lipinski definition) is 4. The smallest absolute Gasteiger partial charge is 0.230 e. The lowest BCUT2D eigenvalue weighted by molar-refractivity contribution is -0.117. The minimum Gasteiger partial charge on any atom is -0.341 e. The normalized spacial score (nSPS) is 17.8. The molecule has 1 fully saturated rings. The van der Waals surface area contributed by atoms with Crippen LogP contribution in [0.15, 0.2) is 30.6 Å². The molecule has 2 atom stereocenters. The second-order valence-corrected chi connectivity index (χ2v) is 7.43. The highest BCUT2D eigenvalue weighted by molar-refractivity contribution is 6.33. The molecule has 9 heteroatoms. The Morgan fingerprint density at radius 2 is 2.14 bits per heavy atom. The number of aryl methyl sites for hydroxylation is 1. The van der Waals surface area contributed by atoms with E-state index in [1.54, 1.807) is 37.1 Å². The van der Waals surface area contributed by atoms with Gasteiger partial charge < -0.3 is 14.8 Å². The topological polar surface area (TPSA) is 74.0 Å². The third kappa shape index (κ3) is 3.38. The van der Waals surface area contributed by atoms with Crippen LogP contribution < -0.4 is 10.2 Å². The molecule has 29 heavy (non-hydrogen) atoms. The lowest BCUT2D eigenvalue weighted by Crippen LogP contribution is -2.17. The van der Waals surface area contributed by atoms with Crippen LogP contribution in [0.25, 0.3) is 11.0 Å². The number of hydrogen-bond donors (Lipinski definition) is 1. The Morgan fingerprint density at radius 3 is 2.76 bits per heavy atom. The molecular weight excluding hydrogens is 400 g/mol. The van der Waals surface area contributed by atoms with E-state index < -0.39 is 23.8 Å². The van der Waals surface area contributed by atoms with Gasteiger partial charge in [0.25, 0.3) is 0 Å². The summed E-state index contributed by atoms with van der Waals surface area (Å²) in [6, 6.07) is 7.77. The molecule has 2 unspecified atom stereocenters. The van der Waals surface area contributed by atoms with Crippen LogP contribution in [0.2, 0.25) is 5.02 Å². The molecule has 1 N–H and O–H groups in total. The number of carbonyl (C=O) groups excluding carboxylic acids is 1. The number of rotatable bonds is 4. The number of fused-ring (bicyclic) bond motifs is 1. The van der Waals surface area contributed by atoms with Crippen LogP contribution in [0, 0.1) is 23.1 Å². The van der Waals surface area contributed by atoms with Crippen molar-refractivity contribution in [3.05, 3.63) is 47.0 Å². The minimum absolute atomic E-state index is 0.0815. The molecular formula is C20H16ClF2N5O. The molecule has 1 aromatic heterocycles. The number of anilines is 3. The number of alkyl halides is 1. The summed E-state index contributed by atoms with van der Waals surface area (Å²) in [5.74, 6) is -1.71. The number of imidazole rings is 1. The van der Waals surface area contributed by atoms with Crippen LogP contribution in [-0.2, 0) is 11.8 Å². The van der Waals surface area contributed by atoms with Crippen molar-refractivity contribution in [1.82, 2.24) is 9.55 Å². The second-order valence-electron chi connectivity index (χ2n) is 7.02. The molecule has 1 amide bonds. The Hall–Kier alpha value is -3.18. The first-order valence-electron chi connectivity index (χ1n) is 8.83. The average Bonchev–Trinajstić information content (AvgIpc) is 3.30. The van der Waals surface area contributed by atoms with Crippen molar-refractivity contribution >= 4 is 45.6 Å². The van der Waals surface area contributed by atoms with Gasteiger partial charge in [-0.1, -0.05) is 11.6 Å². The van der Waals surface area contributed by atoms with Gasteiger partial charge in [0, 0.05) is 19.8 Å². The van der Waals surface area contributed by atoms with E-state index in [4.69, 9.17) is 16.9 Å². The van der Waals surface area contributed by atoms with Gasteiger partial charge in [-0.2, -0.15) is 5.26 Å². The monoisotopic (exact) mass is 415 g/mol. The van der Waals surface area contributed by atoms with E-state index in [0.29, 0.717) is 22.4 Å². The van der Waals surface area contributed by atoms with Crippen molar-refractivity contribution in [1.29, 1.82) is 5.26 Å².